The molecule has 0 aliphatic heterocycles. The van der Waals surface area contributed by atoms with Crippen LogP contribution in [0.2, 0.25) is 0 Å². The third-order valence-electron chi connectivity index (χ3n) is 4.06. The van der Waals surface area contributed by atoms with Gasteiger partial charge in [0, 0.05) is 18.2 Å². The topological polar surface area (TPSA) is 37.8 Å². The van der Waals surface area contributed by atoms with E-state index in [-0.39, 0.29) is 0 Å². The molecule has 3 nitrogen and oxygen atoms in total. The molecule has 1 aromatic heterocycles. The Morgan fingerprint density at radius 3 is 2.46 bits per heavy atom. The van der Waals surface area contributed by atoms with Crippen LogP contribution in [-0.4, -0.2) is 17.0 Å². The molecule has 0 aliphatic rings. The third-order valence-corrected chi connectivity index (χ3v) is 4.95. The fourth-order valence-corrected chi connectivity index (χ4v) is 3.73. The summed E-state index contributed by atoms with van der Waals surface area (Å²) in [7, 11) is 1.90. The molecule has 0 atom stereocenters. The minimum absolute atomic E-state index is 0.797. The first kappa shape index (κ1) is 15.0. The molecule has 24 heavy (non-hydrogen) atoms. The van der Waals surface area contributed by atoms with E-state index in [9.17, 15) is 0 Å². The Morgan fingerprint density at radius 2 is 1.58 bits per heavy atom. The minimum atomic E-state index is 0.797. The SMILES string of the molecule is CNc1nc(SCc2cccc3ccccc23)nc2ccccc12. The van der Waals surface area contributed by atoms with E-state index >= 15 is 0 Å². The molecule has 118 valence electrons. The van der Waals surface area contributed by atoms with Crippen molar-refractivity contribution in [2.75, 3.05) is 12.4 Å². The van der Waals surface area contributed by atoms with Crippen molar-refractivity contribution in [1.82, 2.24) is 9.97 Å². The van der Waals surface area contributed by atoms with Crippen molar-refractivity contribution in [2.24, 2.45) is 0 Å². The zero-order chi connectivity index (χ0) is 16.4. The minimum Gasteiger partial charge on any atom is -0.372 e. The van der Waals surface area contributed by atoms with Gasteiger partial charge in [-0.1, -0.05) is 66.4 Å². The van der Waals surface area contributed by atoms with Crippen LogP contribution in [0.4, 0.5) is 5.82 Å². The molecule has 0 amide bonds. The maximum absolute atomic E-state index is 4.69. The Hall–Kier alpha value is -2.59. The third kappa shape index (κ3) is 2.81. The molecule has 0 aliphatic carbocycles. The fourth-order valence-electron chi connectivity index (χ4n) is 2.87. The summed E-state index contributed by atoms with van der Waals surface area (Å²) in [5, 5.41) is 7.58. The van der Waals surface area contributed by atoms with Crippen molar-refractivity contribution in [3.8, 4) is 0 Å². The van der Waals surface area contributed by atoms with Gasteiger partial charge in [-0.05, 0) is 28.5 Å². The predicted octanol–water partition coefficient (Wildman–Crippen LogP) is 5.12. The standard InChI is InChI=1S/C20H17N3S/c1-21-19-17-11-4-5-12-18(17)22-20(23-19)24-13-15-9-6-8-14-7-2-3-10-16(14)15/h2-12H,13H2,1H3,(H,21,22,23). The number of thioether (sulfide) groups is 1. The lowest BCUT2D eigenvalue weighted by Crippen LogP contribution is -1.98. The monoisotopic (exact) mass is 331 g/mol. The van der Waals surface area contributed by atoms with Gasteiger partial charge in [-0.25, -0.2) is 9.97 Å². The first-order valence-corrected chi connectivity index (χ1v) is 8.88. The van der Waals surface area contributed by atoms with E-state index in [4.69, 9.17) is 4.98 Å². The summed E-state index contributed by atoms with van der Waals surface area (Å²) >= 11 is 1.67. The molecule has 0 radical (unpaired) electrons. The van der Waals surface area contributed by atoms with E-state index in [1.165, 1.54) is 16.3 Å². The highest BCUT2D eigenvalue weighted by molar-refractivity contribution is 7.98. The van der Waals surface area contributed by atoms with Gasteiger partial charge in [0.2, 0.25) is 0 Å². The highest BCUT2D eigenvalue weighted by Gasteiger charge is 2.08. The summed E-state index contributed by atoms with van der Waals surface area (Å²) in [5.41, 5.74) is 2.28. The van der Waals surface area contributed by atoms with Gasteiger partial charge >= 0.3 is 0 Å². The molecule has 4 rings (SSSR count). The molecule has 1 N–H and O–H groups in total. The summed E-state index contributed by atoms with van der Waals surface area (Å²) in [5.74, 6) is 1.73. The molecule has 0 unspecified atom stereocenters. The lowest BCUT2D eigenvalue weighted by Gasteiger charge is -2.09. The van der Waals surface area contributed by atoms with Crippen molar-refractivity contribution in [1.29, 1.82) is 0 Å². The molecule has 4 heteroatoms. The molecule has 3 aromatic carbocycles. The summed E-state index contributed by atoms with van der Waals surface area (Å²) in [6.07, 6.45) is 0. The average molecular weight is 331 g/mol. The lowest BCUT2D eigenvalue weighted by atomic mass is 10.1. The second kappa shape index (κ2) is 6.49. The number of para-hydroxylation sites is 1. The maximum atomic E-state index is 4.69. The number of nitrogens with zero attached hydrogens (tertiary/aromatic N) is 2. The largest absolute Gasteiger partial charge is 0.372 e. The summed E-state index contributed by atoms with van der Waals surface area (Å²) in [6, 6.07) is 23.0. The normalized spacial score (nSPS) is 11.0. The number of hydrogen-bond donors (Lipinski definition) is 1. The molecule has 0 bridgehead atoms. The first-order valence-electron chi connectivity index (χ1n) is 7.89. The molecule has 1 heterocycles. The number of aromatic nitrogens is 2. The Morgan fingerprint density at radius 1 is 0.833 bits per heavy atom. The molecule has 4 aromatic rings. The van der Waals surface area contributed by atoms with E-state index in [0.717, 1.165) is 27.6 Å². The zero-order valence-electron chi connectivity index (χ0n) is 13.4. The smallest absolute Gasteiger partial charge is 0.190 e. The van der Waals surface area contributed by atoms with Crippen LogP contribution < -0.4 is 5.32 Å². The van der Waals surface area contributed by atoms with Gasteiger partial charge in [0.15, 0.2) is 5.16 Å². The number of rotatable bonds is 4. The van der Waals surface area contributed by atoms with Crippen LogP contribution in [0.15, 0.2) is 71.9 Å². The van der Waals surface area contributed by atoms with Gasteiger partial charge in [0.1, 0.15) is 5.82 Å². The summed E-state index contributed by atoms with van der Waals surface area (Å²) in [6.45, 7) is 0. The Bertz CT molecular complexity index is 1010. The second-order valence-corrected chi connectivity index (χ2v) is 6.49. The molecule has 0 saturated carbocycles. The van der Waals surface area contributed by atoms with Crippen molar-refractivity contribution in [3.05, 3.63) is 72.3 Å². The van der Waals surface area contributed by atoms with Gasteiger partial charge in [0.05, 0.1) is 5.52 Å². The summed E-state index contributed by atoms with van der Waals surface area (Å²) in [4.78, 5) is 9.35. The van der Waals surface area contributed by atoms with Gasteiger partial charge in [-0.15, -0.1) is 0 Å². The van der Waals surface area contributed by atoms with Gasteiger partial charge < -0.3 is 5.32 Å². The van der Waals surface area contributed by atoms with Gasteiger partial charge in [0.25, 0.3) is 0 Å². The maximum Gasteiger partial charge on any atom is 0.190 e. The van der Waals surface area contributed by atoms with Crippen LogP contribution >= 0.6 is 11.8 Å². The predicted molar refractivity (Wildman–Crippen MR) is 103 cm³/mol. The molecule has 0 spiro atoms. The van der Waals surface area contributed by atoms with E-state index in [2.05, 4.69) is 52.8 Å². The van der Waals surface area contributed by atoms with Crippen molar-refractivity contribution in [3.63, 3.8) is 0 Å². The molecule has 0 saturated heterocycles. The number of anilines is 1. The van der Waals surface area contributed by atoms with Crippen LogP contribution in [0.25, 0.3) is 21.7 Å². The van der Waals surface area contributed by atoms with Crippen LogP contribution in [0.1, 0.15) is 5.56 Å². The molecule has 0 fully saturated rings. The highest BCUT2D eigenvalue weighted by Crippen LogP contribution is 2.28. The summed E-state index contributed by atoms with van der Waals surface area (Å²) < 4.78 is 0. The lowest BCUT2D eigenvalue weighted by molar-refractivity contribution is 1.00. The fraction of sp³-hybridized carbons (Fsp3) is 0.100. The number of benzene rings is 3. The molecular formula is C20H17N3S. The zero-order valence-corrected chi connectivity index (χ0v) is 14.2. The first-order chi connectivity index (χ1) is 11.8. The van der Waals surface area contributed by atoms with Crippen molar-refractivity contribution >= 4 is 39.3 Å². The number of hydrogen-bond acceptors (Lipinski definition) is 4. The number of nitrogens with one attached hydrogen (secondary N) is 1. The Labute approximate surface area is 145 Å². The van der Waals surface area contributed by atoms with E-state index < -0.39 is 0 Å². The van der Waals surface area contributed by atoms with Crippen molar-refractivity contribution < 1.29 is 0 Å². The van der Waals surface area contributed by atoms with E-state index in [0.29, 0.717) is 0 Å². The van der Waals surface area contributed by atoms with Gasteiger partial charge in [-0.3, -0.25) is 0 Å². The van der Waals surface area contributed by atoms with Crippen LogP contribution in [0.5, 0.6) is 0 Å². The Kier molecular flexibility index (Phi) is 4.05. The van der Waals surface area contributed by atoms with Crippen molar-refractivity contribution in [2.45, 2.75) is 10.9 Å². The van der Waals surface area contributed by atoms with Crippen LogP contribution in [0, 0.1) is 0 Å². The molecular weight excluding hydrogens is 314 g/mol. The van der Waals surface area contributed by atoms with Crippen LogP contribution in [0.3, 0.4) is 0 Å². The van der Waals surface area contributed by atoms with Gasteiger partial charge in [-0.2, -0.15) is 0 Å². The second-order valence-electron chi connectivity index (χ2n) is 5.55. The average Bonchev–Trinajstić information content (AvgIpc) is 2.65. The number of fused-ring (bicyclic) bond motifs is 2. The highest BCUT2D eigenvalue weighted by atomic mass is 32.2. The quantitative estimate of drug-likeness (QED) is 0.416. The Balaban J connectivity index is 1.67. The van der Waals surface area contributed by atoms with E-state index in [1.54, 1.807) is 11.8 Å². The van der Waals surface area contributed by atoms with E-state index in [1.807, 2.05) is 31.3 Å². The van der Waals surface area contributed by atoms with Crippen LogP contribution in [-0.2, 0) is 5.75 Å².